The molecular weight excluding hydrogens is 211 g/mol. The van der Waals surface area contributed by atoms with E-state index >= 15 is 0 Å². The third-order valence-corrected chi connectivity index (χ3v) is 3.66. The molecule has 0 bridgehead atoms. The quantitative estimate of drug-likeness (QED) is 0.775. The summed E-state index contributed by atoms with van der Waals surface area (Å²) in [6.45, 7) is 0. The van der Waals surface area contributed by atoms with Crippen LogP contribution in [0.5, 0.6) is 0 Å². The van der Waals surface area contributed by atoms with E-state index in [9.17, 15) is 13.2 Å². The molecule has 0 aromatic carbocycles. The zero-order chi connectivity index (χ0) is 10.3. The summed E-state index contributed by atoms with van der Waals surface area (Å²) in [6.07, 6.45) is -2.61. The van der Waals surface area contributed by atoms with Crippen LogP contribution in [0.4, 0.5) is 13.2 Å². The van der Waals surface area contributed by atoms with Gasteiger partial charge in [-0.05, 0) is 29.9 Å². The normalized spacial score (nSPS) is 27.4. The van der Waals surface area contributed by atoms with Crippen LogP contribution in [0.15, 0.2) is 11.4 Å². The van der Waals surface area contributed by atoms with E-state index < -0.39 is 11.1 Å². The number of alkyl halides is 3. The largest absolute Gasteiger partial charge is 0.425 e. The Morgan fingerprint density at radius 2 is 2.07 bits per heavy atom. The van der Waals surface area contributed by atoms with Gasteiger partial charge < -0.3 is 5.73 Å². The predicted molar refractivity (Wildman–Crippen MR) is 49.3 cm³/mol. The van der Waals surface area contributed by atoms with Crippen LogP contribution in [0.3, 0.4) is 0 Å². The van der Waals surface area contributed by atoms with Gasteiger partial charge in [0.1, 0.15) is 4.88 Å². The van der Waals surface area contributed by atoms with Crippen molar-refractivity contribution in [3.8, 4) is 0 Å². The Morgan fingerprint density at radius 3 is 2.50 bits per heavy atom. The molecule has 1 aliphatic carbocycles. The highest BCUT2D eigenvalue weighted by Crippen LogP contribution is 2.44. The van der Waals surface area contributed by atoms with Crippen LogP contribution >= 0.6 is 11.3 Å². The minimum absolute atomic E-state index is 0.0853. The van der Waals surface area contributed by atoms with E-state index in [2.05, 4.69) is 0 Å². The summed E-state index contributed by atoms with van der Waals surface area (Å²) in [7, 11) is 0. The van der Waals surface area contributed by atoms with Gasteiger partial charge in [-0.25, -0.2) is 0 Å². The topological polar surface area (TPSA) is 26.0 Å². The lowest BCUT2D eigenvalue weighted by Gasteiger charge is -2.34. The SMILES string of the molecule is NC1CCC1c1ccsc1C(F)(F)F. The van der Waals surface area contributed by atoms with Gasteiger partial charge in [-0.2, -0.15) is 13.2 Å². The van der Waals surface area contributed by atoms with Crippen molar-refractivity contribution < 1.29 is 13.2 Å². The maximum absolute atomic E-state index is 12.5. The fourth-order valence-electron chi connectivity index (χ4n) is 1.75. The molecule has 0 saturated heterocycles. The lowest BCUT2D eigenvalue weighted by atomic mass is 9.76. The third-order valence-electron chi connectivity index (χ3n) is 2.68. The first-order valence-electron chi connectivity index (χ1n) is 4.40. The molecule has 2 N–H and O–H groups in total. The molecule has 78 valence electrons. The van der Waals surface area contributed by atoms with Gasteiger partial charge in [-0.1, -0.05) is 0 Å². The smallest absolute Gasteiger partial charge is 0.327 e. The van der Waals surface area contributed by atoms with Gasteiger partial charge in [0.05, 0.1) is 0 Å². The van der Waals surface area contributed by atoms with Gasteiger partial charge in [-0.3, -0.25) is 0 Å². The van der Waals surface area contributed by atoms with Crippen LogP contribution in [0.2, 0.25) is 0 Å². The molecule has 1 heterocycles. The monoisotopic (exact) mass is 221 g/mol. The molecule has 5 heteroatoms. The summed E-state index contributed by atoms with van der Waals surface area (Å²) in [6, 6.07) is 1.46. The Hall–Kier alpha value is -0.550. The maximum atomic E-state index is 12.5. The van der Waals surface area contributed by atoms with E-state index in [-0.39, 0.29) is 12.0 Å². The van der Waals surface area contributed by atoms with Crippen molar-refractivity contribution in [3.63, 3.8) is 0 Å². The first-order chi connectivity index (χ1) is 6.50. The van der Waals surface area contributed by atoms with Gasteiger partial charge in [0.15, 0.2) is 0 Å². The van der Waals surface area contributed by atoms with Crippen LogP contribution in [0, 0.1) is 0 Å². The van der Waals surface area contributed by atoms with E-state index in [1.807, 2.05) is 0 Å². The van der Waals surface area contributed by atoms with Crippen molar-refractivity contribution in [2.45, 2.75) is 31.0 Å². The molecule has 1 saturated carbocycles. The van der Waals surface area contributed by atoms with Gasteiger partial charge in [-0.15, -0.1) is 11.3 Å². The summed E-state index contributed by atoms with van der Waals surface area (Å²) in [5.41, 5.74) is 6.05. The maximum Gasteiger partial charge on any atom is 0.425 e. The fraction of sp³-hybridized carbons (Fsp3) is 0.556. The minimum atomic E-state index is -4.22. The summed E-state index contributed by atoms with van der Waals surface area (Å²) < 4.78 is 37.5. The molecule has 1 aliphatic rings. The number of rotatable bonds is 1. The number of thiophene rings is 1. The Bertz CT molecular complexity index is 331. The Balaban J connectivity index is 2.30. The van der Waals surface area contributed by atoms with E-state index in [0.29, 0.717) is 5.56 Å². The van der Waals surface area contributed by atoms with Crippen molar-refractivity contribution in [2.75, 3.05) is 0 Å². The molecule has 0 spiro atoms. The Morgan fingerprint density at radius 1 is 1.36 bits per heavy atom. The van der Waals surface area contributed by atoms with Crippen molar-refractivity contribution in [2.24, 2.45) is 5.73 Å². The van der Waals surface area contributed by atoms with Crippen LogP contribution < -0.4 is 5.73 Å². The van der Waals surface area contributed by atoms with Crippen molar-refractivity contribution in [3.05, 3.63) is 21.9 Å². The summed E-state index contributed by atoms with van der Waals surface area (Å²) in [5, 5.41) is 1.49. The van der Waals surface area contributed by atoms with Gasteiger partial charge in [0.25, 0.3) is 0 Å². The van der Waals surface area contributed by atoms with Crippen molar-refractivity contribution in [1.82, 2.24) is 0 Å². The molecule has 1 fully saturated rings. The highest BCUT2D eigenvalue weighted by atomic mass is 32.1. The van der Waals surface area contributed by atoms with E-state index in [4.69, 9.17) is 5.73 Å². The summed E-state index contributed by atoms with van der Waals surface area (Å²) in [4.78, 5) is -0.474. The summed E-state index contributed by atoms with van der Waals surface area (Å²) in [5.74, 6) is -0.0853. The van der Waals surface area contributed by atoms with Crippen molar-refractivity contribution in [1.29, 1.82) is 0 Å². The van der Waals surface area contributed by atoms with E-state index in [1.54, 1.807) is 6.07 Å². The molecule has 2 atom stereocenters. The van der Waals surface area contributed by atoms with Crippen LogP contribution in [-0.2, 0) is 6.18 Å². The zero-order valence-corrected chi connectivity index (χ0v) is 8.16. The fourth-order valence-corrected chi connectivity index (χ4v) is 2.59. The molecule has 14 heavy (non-hydrogen) atoms. The molecule has 0 aliphatic heterocycles. The molecule has 1 nitrogen and oxygen atoms in total. The van der Waals surface area contributed by atoms with Crippen LogP contribution in [0.25, 0.3) is 0 Å². The first-order valence-corrected chi connectivity index (χ1v) is 5.28. The average Bonchev–Trinajstić information content (AvgIpc) is 2.49. The lowest BCUT2D eigenvalue weighted by Crippen LogP contribution is -2.37. The second-order valence-corrected chi connectivity index (χ2v) is 4.47. The van der Waals surface area contributed by atoms with Gasteiger partial charge >= 0.3 is 6.18 Å². The molecule has 1 aromatic rings. The van der Waals surface area contributed by atoms with E-state index in [0.717, 1.165) is 24.2 Å². The molecule has 0 radical (unpaired) electrons. The second kappa shape index (κ2) is 3.24. The second-order valence-electron chi connectivity index (χ2n) is 3.55. The molecular formula is C9H10F3NS. The van der Waals surface area contributed by atoms with Crippen LogP contribution in [-0.4, -0.2) is 6.04 Å². The van der Waals surface area contributed by atoms with Crippen molar-refractivity contribution >= 4 is 11.3 Å². The molecule has 2 unspecified atom stereocenters. The highest BCUT2D eigenvalue weighted by molar-refractivity contribution is 7.10. The Labute approximate surface area is 83.7 Å². The predicted octanol–water partition coefficient (Wildman–Crippen LogP) is 2.97. The number of halogens is 3. The van der Waals surface area contributed by atoms with Gasteiger partial charge in [0.2, 0.25) is 0 Å². The zero-order valence-electron chi connectivity index (χ0n) is 7.34. The molecule has 2 rings (SSSR count). The number of hydrogen-bond acceptors (Lipinski definition) is 2. The average molecular weight is 221 g/mol. The van der Waals surface area contributed by atoms with Crippen LogP contribution in [0.1, 0.15) is 29.2 Å². The Kier molecular flexibility index (Phi) is 2.31. The minimum Gasteiger partial charge on any atom is -0.327 e. The molecule has 1 aromatic heterocycles. The standard InChI is InChI=1S/C9H10F3NS/c10-9(11,12)8-6(3-4-14-8)5-1-2-7(5)13/h3-5,7H,1-2,13H2. The van der Waals surface area contributed by atoms with E-state index in [1.165, 1.54) is 5.38 Å². The summed E-state index contributed by atoms with van der Waals surface area (Å²) >= 11 is 0.756. The van der Waals surface area contributed by atoms with Gasteiger partial charge in [0, 0.05) is 12.0 Å². The molecule has 0 amide bonds. The highest BCUT2D eigenvalue weighted by Gasteiger charge is 2.40. The number of hydrogen-bond donors (Lipinski definition) is 1. The third kappa shape index (κ3) is 1.54. The lowest BCUT2D eigenvalue weighted by molar-refractivity contribution is -0.135. The first kappa shape index (κ1) is 9.98. The number of nitrogens with two attached hydrogens (primary N) is 1.